The third kappa shape index (κ3) is 14.6. The first-order valence-corrected chi connectivity index (χ1v) is 16.8. The maximum atomic E-state index is 13.6. The van der Waals surface area contributed by atoms with Crippen molar-refractivity contribution in [3.05, 3.63) is 35.9 Å². The molecule has 2 rings (SSSR count). The summed E-state index contributed by atoms with van der Waals surface area (Å²) in [5.41, 5.74) is 0.955. The van der Waals surface area contributed by atoms with Gasteiger partial charge in [-0.1, -0.05) is 58.0 Å². The quantitative estimate of drug-likeness (QED) is 0.0956. The predicted molar refractivity (Wildman–Crippen MR) is 180 cm³/mol. The highest BCUT2D eigenvalue weighted by molar-refractivity contribution is 5.98. The van der Waals surface area contributed by atoms with Crippen molar-refractivity contribution < 1.29 is 48.6 Å². The van der Waals surface area contributed by atoms with Crippen LogP contribution in [0.4, 0.5) is 0 Å². The van der Waals surface area contributed by atoms with E-state index in [1.807, 2.05) is 30.3 Å². The number of nitrogens with one attached hydrogen (secondary N) is 5. The van der Waals surface area contributed by atoms with E-state index < -0.39 is 90.9 Å². The fourth-order valence-corrected chi connectivity index (χ4v) is 5.29. The molecule has 4 atom stereocenters. The van der Waals surface area contributed by atoms with Crippen LogP contribution in [0.2, 0.25) is 0 Å². The topological polar surface area (TPSA) is 240 Å². The van der Waals surface area contributed by atoms with E-state index in [4.69, 9.17) is 0 Å². The molecule has 6 amide bonds. The van der Waals surface area contributed by atoms with E-state index in [1.165, 1.54) is 4.90 Å². The van der Waals surface area contributed by atoms with Crippen LogP contribution >= 0.6 is 0 Å². The number of aryl methyl sites for hydroxylation is 1. The van der Waals surface area contributed by atoms with Gasteiger partial charge in [-0.05, 0) is 43.1 Å². The number of amides is 6. The summed E-state index contributed by atoms with van der Waals surface area (Å²) in [6, 6.07) is 3.44. The van der Waals surface area contributed by atoms with E-state index in [0.717, 1.165) is 18.4 Å². The van der Waals surface area contributed by atoms with E-state index in [-0.39, 0.29) is 24.7 Å². The second kappa shape index (κ2) is 20.5. The van der Waals surface area contributed by atoms with Crippen LogP contribution in [0, 0.1) is 11.8 Å². The molecule has 0 aliphatic carbocycles. The maximum absolute atomic E-state index is 13.6. The Kier molecular flexibility index (Phi) is 16.9. The van der Waals surface area contributed by atoms with Crippen LogP contribution in [-0.2, 0) is 44.8 Å². The Morgan fingerprint density at radius 2 is 1.28 bits per heavy atom. The number of likely N-dealkylation sites (tertiary alicyclic amines) is 1. The summed E-state index contributed by atoms with van der Waals surface area (Å²) in [6.07, 6.45) is 0.717. The van der Waals surface area contributed by atoms with Crippen molar-refractivity contribution >= 4 is 47.4 Å². The largest absolute Gasteiger partial charge is 0.481 e. The van der Waals surface area contributed by atoms with Crippen LogP contribution in [0.5, 0.6) is 0 Å². The lowest BCUT2D eigenvalue weighted by atomic mass is 10.0. The summed E-state index contributed by atoms with van der Waals surface area (Å²) in [6.45, 7) is 7.21. The van der Waals surface area contributed by atoms with Gasteiger partial charge in [-0.3, -0.25) is 33.6 Å². The normalized spacial score (nSPS) is 15.0. The molecule has 0 radical (unpaired) electrons. The highest BCUT2D eigenvalue weighted by Gasteiger charge is 2.35. The summed E-state index contributed by atoms with van der Waals surface area (Å²) in [4.78, 5) is 103. The molecule has 0 saturated carbocycles. The van der Waals surface area contributed by atoms with Crippen LogP contribution < -0.4 is 26.6 Å². The average Bonchev–Trinajstić information content (AvgIpc) is 3.59. The van der Waals surface area contributed by atoms with Gasteiger partial charge in [-0.15, -0.1) is 0 Å². The van der Waals surface area contributed by atoms with Crippen molar-refractivity contribution in [3.63, 3.8) is 0 Å². The second-order valence-corrected chi connectivity index (χ2v) is 13.1. The molecule has 276 valence electrons. The lowest BCUT2D eigenvalue weighted by Gasteiger charge is -2.27. The highest BCUT2D eigenvalue weighted by atomic mass is 16.4. The number of carbonyl (C=O) groups is 8. The molecular weight excluding hydrogens is 652 g/mol. The zero-order chi connectivity index (χ0) is 37.4. The van der Waals surface area contributed by atoms with Crippen molar-refractivity contribution in [2.45, 2.75) is 96.8 Å². The molecular formula is C34H50N6O10. The Labute approximate surface area is 291 Å². The minimum atomic E-state index is -1.73. The molecule has 1 fully saturated rings. The van der Waals surface area contributed by atoms with Crippen LogP contribution in [0.3, 0.4) is 0 Å². The Balaban J connectivity index is 2.16. The van der Waals surface area contributed by atoms with Crippen LogP contribution in [0.15, 0.2) is 30.3 Å². The number of carbonyl (C=O) groups excluding carboxylic acids is 6. The van der Waals surface area contributed by atoms with Crippen LogP contribution in [0.1, 0.15) is 71.8 Å². The molecule has 0 bridgehead atoms. The summed E-state index contributed by atoms with van der Waals surface area (Å²) in [7, 11) is 0. The van der Waals surface area contributed by atoms with E-state index in [9.17, 15) is 48.6 Å². The van der Waals surface area contributed by atoms with Gasteiger partial charge < -0.3 is 41.7 Å². The monoisotopic (exact) mass is 702 g/mol. The summed E-state index contributed by atoms with van der Waals surface area (Å²) in [5.74, 6) is -7.92. The molecule has 16 heteroatoms. The molecule has 1 saturated heterocycles. The first kappa shape index (κ1) is 41.2. The van der Waals surface area contributed by atoms with Gasteiger partial charge in [-0.25, -0.2) is 4.79 Å². The first-order chi connectivity index (χ1) is 23.6. The van der Waals surface area contributed by atoms with Crippen LogP contribution in [0.25, 0.3) is 0 Å². The molecule has 16 nitrogen and oxygen atoms in total. The number of aliphatic carboxylic acids is 2. The predicted octanol–water partition coefficient (Wildman–Crippen LogP) is -0.0515. The number of nitrogens with zero attached hydrogens (tertiary/aromatic N) is 1. The highest BCUT2D eigenvalue weighted by Crippen LogP contribution is 2.12. The average molecular weight is 703 g/mol. The minimum Gasteiger partial charge on any atom is -0.481 e. The molecule has 50 heavy (non-hydrogen) atoms. The maximum Gasteiger partial charge on any atom is 0.326 e. The summed E-state index contributed by atoms with van der Waals surface area (Å²) < 4.78 is 0. The Bertz CT molecular complexity index is 1360. The first-order valence-electron chi connectivity index (χ1n) is 16.8. The molecule has 0 aromatic heterocycles. The third-order valence-corrected chi connectivity index (χ3v) is 8.00. The van der Waals surface area contributed by atoms with Gasteiger partial charge in [0, 0.05) is 19.5 Å². The second-order valence-electron chi connectivity index (χ2n) is 13.1. The lowest BCUT2D eigenvalue weighted by Crippen LogP contribution is -2.59. The summed E-state index contributed by atoms with van der Waals surface area (Å²) in [5, 5.41) is 31.0. The van der Waals surface area contributed by atoms with Crippen LogP contribution in [-0.4, -0.2) is 106 Å². The molecule has 1 heterocycles. The number of hydrogen-bond donors (Lipinski definition) is 7. The molecule has 1 aliphatic rings. The van der Waals surface area contributed by atoms with Crippen molar-refractivity contribution in [3.8, 4) is 0 Å². The van der Waals surface area contributed by atoms with Gasteiger partial charge in [0.25, 0.3) is 0 Å². The van der Waals surface area contributed by atoms with Crippen molar-refractivity contribution in [2.75, 3.05) is 19.6 Å². The molecule has 1 aromatic carbocycles. The summed E-state index contributed by atoms with van der Waals surface area (Å²) >= 11 is 0. The van der Waals surface area contributed by atoms with E-state index >= 15 is 0 Å². The molecule has 1 aliphatic heterocycles. The molecule has 1 aromatic rings. The molecule has 0 unspecified atom stereocenters. The molecule has 0 spiro atoms. The third-order valence-electron chi connectivity index (χ3n) is 8.00. The van der Waals surface area contributed by atoms with E-state index in [0.29, 0.717) is 19.5 Å². The zero-order valence-corrected chi connectivity index (χ0v) is 29.0. The van der Waals surface area contributed by atoms with Gasteiger partial charge in [0.05, 0.1) is 19.4 Å². The SMILES string of the molecule is CC(C)C[C@H](NC(=O)[C@H](CC(=O)O)NC(=O)[C@H](CC(=O)N1CCCC1)NC(=O)[C@@H](NC(=O)CNC(=O)CCc1ccccc1)C(C)C)C(=O)O. The van der Waals surface area contributed by atoms with E-state index in [1.54, 1.807) is 27.7 Å². The Morgan fingerprint density at radius 1 is 0.720 bits per heavy atom. The Hall–Kier alpha value is -5.02. The van der Waals surface area contributed by atoms with Crippen molar-refractivity contribution in [1.82, 2.24) is 31.5 Å². The fraction of sp³-hybridized carbons (Fsp3) is 0.588. The number of hydrogen-bond acceptors (Lipinski definition) is 8. The number of carboxylic acids is 2. The number of rotatable bonds is 20. The minimum absolute atomic E-state index is 0.0392. The van der Waals surface area contributed by atoms with Gasteiger partial charge in [0.15, 0.2) is 0 Å². The van der Waals surface area contributed by atoms with Gasteiger partial charge in [0.2, 0.25) is 35.4 Å². The standard InChI is InChI=1S/C34H50N6O10/c1-20(2)16-25(34(49)50)38-32(47)24(18-29(44)45)36-31(46)23(17-28(43)40-14-8-9-15-40)37-33(48)30(21(3)4)39-27(42)19-35-26(41)13-12-22-10-6-5-7-11-22/h5-7,10-11,20-21,23-25,30H,8-9,12-19H2,1-4H3,(H,35,41)(H,36,46)(H,37,48)(H,38,47)(H,39,42)(H,44,45)(H,49,50)/t23-,24-,25-,30-/m0/s1. The number of benzene rings is 1. The van der Waals surface area contributed by atoms with Gasteiger partial charge in [-0.2, -0.15) is 0 Å². The van der Waals surface area contributed by atoms with Gasteiger partial charge >= 0.3 is 11.9 Å². The fourth-order valence-electron chi connectivity index (χ4n) is 5.29. The van der Waals surface area contributed by atoms with E-state index in [2.05, 4.69) is 26.6 Å². The van der Waals surface area contributed by atoms with Crippen molar-refractivity contribution in [1.29, 1.82) is 0 Å². The van der Waals surface area contributed by atoms with Crippen molar-refractivity contribution in [2.24, 2.45) is 11.8 Å². The Morgan fingerprint density at radius 3 is 1.82 bits per heavy atom. The smallest absolute Gasteiger partial charge is 0.326 e. The number of carboxylic acid groups (broad SMARTS) is 2. The lowest BCUT2D eigenvalue weighted by molar-refractivity contribution is -0.144. The zero-order valence-electron chi connectivity index (χ0n) is 29.0. The molecule has 7 N–H and O–H groups in total. The van der Waals surface area contributed by atoms with Gasteiger partial charge in [0.1, 0.15) is 24.2 Å².